The van der Waals surface area contributed by atoms with Crippen LogP contribution in [0.25, 0.3) is 0 Å². The Morgan fingerprint density at radius 2 is 0.769 bits per heavy atom. The molecule has 52 heavy (non-hydrogen) atoms. The Labute approximate surface area is 318 Å². The van der Waals surface area contributed by atoms with E-state index in [0.29, 0.717) is 19.3 Å². The summed E-state index contributed by atoms with van der Waals surface area (Å²) >= 11 is 0. The Kier molecular flexibility index (Phi) is 37.7. The Hall–Kier alpha value is -3.41. The smallest absolute Gasteiger partial charge is 0.306 e. The largest absolute Gasteiger partial charge is 0.462 e. The number of esters is 3. The third-order valence-corrected chi connectivity index (χ3v) is 8.11. The topological polar surface area (TPSA) is 78.9 Å². The number of unbranched alkanes of at least 4 members (excludes halogenated alkanes) is 10. The second-order valence-electron chi connectivity index (χ2n) is 13.1. The van der Waals surface area contributed by atoms with Crippen LogP contribution >= 0.6 is 0 Å². The number of ether oxygens (including phenoxy) is 3. The van der Waals surface area contributed by atoms with Crippen molar-refractivity contribution >= 4 is 17.9 Å². The quantitative estimate of drug-likeness (QED) is 0.0280. The van der Waals surface area contributed by atoms with Gasteiger partial charge in [0, 0.05) is 19.3 Å². The van der Waals surface area contributed by atoms with Crippen molar-refractivity contribution in [1.82, 2.24) is 0 Å². The average Bonchev–Trinajstić information content (AvgIpc) is 3.14. The van der Waals surface area contributed by atoms with Gasteiger partial charge in [0.05, 0.1) is 0 Å². The lowest BCUT2D eigenvalue weighted by atomic mass is 10.1. The van der Waals surface area contributed by atoms with Gasteiger partial charge in [0.2, 0.25) is 0 Å². The van der Waals surface area contributed by atoms with E-state index in [1.807, 2.05) is 0 Å². The molecule has 1 atom stereocenters. The van der Waals surface area contributed by atoms with Gasteiger partial charge in [-0.05, 0) is 96.3 Å². The minimum Gasteiger partial charge on any atom is -0.462 e. The maximum absolute atomic E-state index is 12.6. The molecule has 1 unspecified atom stereocenters. The van der Waals surface area contributed by atoms with Crippen LogP contribution in [0.3, 0.4) is 0 Å². The molecule has 0 saturated heterocycles. The average molecular weight is 723 g/mol. The van der Waals surface area contributed by atoms with Gasteiger partial charge in [-0.15, -0.1) is 0 Å². The molecular formula is C46H74O6. The first-order valence-electron chi connectivity index (χ1n) is 20.6. The zero-order valence-corrected chi connectivity index (χ0v) is 33.3. The van der Waals surface area contributed by atoms with Crippen molar-refractivity contribution in [3.05, 3.63) is 85.1 Å². The fourth-order valence-electron chi connectivity index (χ4n) is 5.05. The predicted octanol–water partition coefficient (Wildman–Crippen LogP) is 12.9. The molecule has 0 radical (unpaired) electrons. The molecule has 0 aromatic carbocycles. The monoisotopic (exact) mass is 723 g/mol. The molecule has 0 bridgehead atoms. The third-order valence-electron chi connectivity index (χ3n) is 8.11. The standard InChI is InChI=1S/C46H74O6/c1-4-7-10-13-16-19-22-25-27-30-33-36-39-45(48)51-42-43(52-46(49)40-37-34-31-28-24-21-18-15-12-9-6-3)41-50-44(47)38-35-32-29-26-23-20-17-14-11-8-5-2/h7,9-10,12,14,16-19,21,25,27-28,31,43H,4-6,8,11,13,15,20,22-24,26,29-30,32-42H2,1-3H3/b10-7-,12-9-,17-14-,19-16-,21-18-,27-25-,31-28-. The Morgan fingerprint density at radius 1 is 0.404 bits per heavy atom. The van der Waals surface area contributed by atoms with E-state index in [2.05, 4.69) is 106 Å². The van der Waals surface area contributed by atoms with Crippen molar-refractivity contribution in [1.29, 1.82) is 0 Å². The number of hydrogen-bond donors (Lipinski definition) is 0. The van der Waals surface area contributed by atoms with Gasteiger partial charge >= 0.3 is 17.9 Å². The van der Waals surface area contributed by atoms with Crippen molar-refractivity contribution < 1.29 is 28.6 Å². The molecule has 0 aliphatic carbocycles. The van der Waals surface area contributed by atoms with Crippen LogP contribution < -0.4 is 0 Å². The van der Waals surface area contributed by atoms with E-state index in [0.717, 1.165) is 96.3 Å². The lowest BCUT2D eigenvalue weighted by molar-refractivity contribution is -0.167. The van der Waals surface area contributed by atoms with Crippen LogP contribution in [0, 0.1) is 0 Å². The van der Waals surface area contributed by atoms with Crippen LogP contribution in [0.5, 0.6) is 0 Å². The molecule has 0 aromatic rings. The van der Waals surface area contributed by atoms with Gasteiger partial charge < -0.3 is 14.2 Å². The zero-order chi connectivity index (χ0) is 38.0. The van der Waals surface area contributed by atoms with E-state index >= 15 is 0 Å². The highest BCUT2D eigenvalue weighted by Crippen LogP contribution is 2.11. The molecule has 0 spiro atoms. The number of carbonyl (C=O) groups excluding carboxylic acids is 3. The van der Waals surface area contributed by atoms with Gasteiger partial charge in [-0.2, -0.15) is 0 Å². The summed E-state index contributed by atoms with van der Waals surface area (Å²) in [7, 11) is 0. The van der Waals surface area contributed by atoms with Crippen molar-refractivity contribution in [3.8, 4) is 0 Å². The summed E-state index contributed by atoms with van der Waals surface area (Å²) in [6.45, 7) is 6.23. The first-order chi connectivity index (χ1) is 25.5. The number of allylic oxidation sites excluding steroid dienone is 14. The summed E-state index contributed by atoms with van der Waals surface area (Å²) in [6, 6.07) is 0. The van der Waals surface area contributed by atoms with E-state index in [-0.39, 0.29) is 37.5 Å². The molecule has 0 fully saturated rings. The van der Waals surface area contributed by atoms with Crippen molar-refractivity contribution in [3.63, 3.8) is 0 Å². The van der Waals surface area contributed by atoms with Gasteiger partial charge in [0.25, 0.3) is 0 Å². The number of hydrogen-bond acceptors (Lipinski definition) is 6. The Bertz CT molecular complexity index is 1060. The summed E-state index contributed by atoms with van der Waals surface area (Å²) in [4.78, 5) is 37.5. The molecule has 0 amide bonds. The maximum Gasteiger partial charge on any atom is 0.306 e. The summed E-state index contributed by atoms with van der Waals surface area (Å²) in [5.41, 5.74) is 0. The lowest BCUT2D eigenvalue weighted by Crippen LogP contribution is -2.30. The second-order valence-corrected chi connectivity index (χ2v) is 13.1. The number of carbonyl (C=O) groups is 3. The van der Waals surface area contributed by atoms with E-state index in [1.54, 1.807) is 0 Å². The van der Waals surface area contributed by atoms with Crippen LogP contribution in [-0.4, -0.2) is 37.2 Å². The molecular weight excluding hydrogens is 648 g/mol. The highest BCUT2D eigenvalue weighted by Gasteiger charge is 2.19. The van der Waals surface area contributed by atoms with Gasteiger partial charge in [0.15, 0.2) is 6.10 Å². The normalized spacial score (nSPS) is 12.9. The molecule has 0 heterocycles. The summed E-state index contributed by atoms with van der Waals surface area (Å²) in [5, 5.41) is 0. The van der Waals surface area contributed by atoms with E-state index in [1.165, 1.54) is 25.7 Å². The van der Waals surface area contributed by atoms with Crippen LogP contribution in [0.15, 0.2) is 85.1 Å². The summed E-state index contributed by atoms with van der Waals surface area (Å²) < 4.78 is 16.5. The van der Waals surface area contributed by atoms with Gasteiger partial charge in [-0.1, -0.05) is 138 Å². The van der Waals surface area contributed by atoms with Crippen molar-refractivity contribution in [2.75, 3.05) is 13.2 Å². The molecule has 6 nitrogen and oxygen atoms in total. The molecule has 0 rings (SSSR count). The first kappa shape index (κ1) is 48.6. The van der Waals surface area contributed by atoms with E-state index in [4.69, 9.17) is 14.2 Å². The molecule has 0 aliphatic heterocycles. The van der Waals surface area contributed by atoms with Gasteiger partial charge in [-0.3, -0.25) is 14.4 Å². The highest BCUT2D eigenvalue weighted by atomic mass is 16.6. The minimum atomic E-state index is -0.818. The Balaban J connectivity index is 4.54. The SMILES string of the molecule is CC/C=C\C/C=C\C/C=C\CCCCC(=O)OCC(COC(=O)CCCCCCC/C=C\CCCC)OC(=O)CCC/C=C\C/C=C\C/C=C\CC. The first-order valence-corrected chi connectivity index (χ1v) is 20.6. The summed E-state index contributed by atoms with van der Waals surface area (Å²) in [5.74, 6) is -1.03. The molecule has 0 saturated carbocycles. The van der Waals surface area contributed by atoms with Crippen molar-refractivity contribution in [2.45, 2.75) is 175 Å². The van der Waals surface area contributed by atoms with Crippen LogP contribution in [0.1, 0.15) is 168 Å². The van der Waals surface area contributed by atoms with Gasteiger partial charge in [-0.25, -0.2) is 0 Å². The molecule has 0 aliphatic rings. The molecule has 6 heteroatoms. The fourth-order valence-corrected chi connectivity index (χ4v) is 5.05. The molecule has 294 valence electrons. The third kappa shape index (κ3) is 37.8. The predicted molar refractivity (Wildman–Crippen MR) is 219 cm³/mol. The highest BCUT2D eigenvalue weighted by molar-refractivity contribution is 5.71. The summed E-state index contributed by atoms with van der Waals surface area (Å²) in [6.07, 6.45) is 50.1. The second kappa shape index (κ2) is 40.4. The Morgan fingerprint density at radius 3 is 1.29 bits per heavy atom. The van der Waals surface area contributed by atoms with E-state index in [9.17, 15) is 14.4 Å². The van der Waals surface area contributed by atoms with E-state index < -0.39 is 6.10 Å². The van der Waals surface area contributed by atoms with Crippen LogP contribution in [0.2, 0.25) is 0 Å². The number of rotatable bonds is 35. The van der Waals surface area contributed by atoms with Crippen molar-refractivity contribution in [2.24, 2.45) is 0 Å². The lowest BCUT2D eigenvalue weighted by Gasteiger charge is -2.18. The maximum atomic E-state index is 12.6. The minimum absolute atomic E-state index is 0.115. The fraction of sp³-hybridized carbons (Fsp3) is 0.630. The van der Waals surface area contributed by atoms with Crippen LogP contribution in [0.4, 0.5) is 0 Å². The van der Waals surface area contributed by atoms with Gasteiger partial charge in [0.1, 0.15) is 13.2 Å². The molecule has 0 aromatic heterocycles. The molecule has 0 N–H and O–H groups in total. The zero-order valence-electron chi connectivity index (χ0n) is 33.3. The van der Waals surface area contributed by atoms with Crippen LogP contribution in [-0.2, 0) is 28.6 Å².